The molecule has 2 heterocycles. The first-order chi connectivity index (χ1) is 11.6. The van der Waals surface area contributed by atoms with Crippen LogP contribution in [0.5, 0.6) is 0 Å². The van der Waals surface area contributed by atoms with E-state index in [4.69, 9.17) is 11.6 Å². The molecule has 2 N–H and O–H groups in total. The van der Waals surface area contributed by atoms with Crippen molar-refractivity contribution in [2.45, 2.75) is 6.42 Å². The molecule has 0 bridgehead atoms. The fourth-order valence-electron chi connectivity index (χ4n) is 1.95. The van der Waals surface area contributed by atoms with Gasteiger partial charge in [0.15, 0.2) is 0 Å². The minimum Gasteiger partial charge on any atom is -0.273 e. The first kappa shape index (κ1) is 16.6. The molecule has 0 aliphatic rings. The summed E-state index contributed by atoms with van der Waals surface area (Å²) in [5.41, 5.74) is 5.68. The predicted octanol–water partition coefficient (Wildman–Crippen LogP) is 3.53. The lowest BCUT2D eigenvalue weighted by atomic mass is 10.2. The molecule has 0 atom stereocenters. The van der Waals surface area contributed by atoms with E-state index >= 15 is 0 Å². The van der Waals surface area contributed by atoms with Crippen LogP contribution in [0.15, 0.2) is 47.2 Å². The number of hydrazine groups is 1. The zero-order chi connectivity index (χ0) is 16.9. The Morgan fingerprint density at radius 1 is 1.08 bits per heavy atom. The molecule has 2 aromatic heterocycles. The molecule has 0 saturated heterocycles. The number of benzene rings is 1. The number of rotatable bonds is 4. The minimum atomic E-state index is -0.466. The molecule has 24 heavy (non-hydrogen) atoms. The molecule has 2 amide bonds. The number of thiazole rings is 1. The molecule has 1 aromatic carbocycles. The summed E-state index contributed by atoms with van der Waals surface area (Å²) in [7, 11) is 0. The average Bonchev–Trinajstić information content (AvgIpc) is 3.24. The smallest absolute Gasteiger partial charge is 0.271 e. The van der Waals surface area contributed by atoms with Crippen molar-refractivity contribution in [1.29, 1.82) is 0 Å². The van der Waals surface area contributed by atoms with Gasteiger partial charge in [-0.2, -0.15) is 0 Å². The van der Waals surface area contributed by atoms with Gasteiger partial charge in [0.1, 0.15) is 5.01 Å². The second-order valence-electron chi connectivity index (χ2n) is 4.78. The van der Waals surface area contributed by atoms with E-state index in [0.29, 0.717) is 16.3 Å². The minimum absolute atomic E-state index is 0.0880. The van der Waals surface area contributed by atoms with Crippen molar-refractivity contribution in [3.05, 3.63) is 63.4 Å². The van der Waals surface area contributed by atoms with Crippen molar-refractivity contribution in [2.75, 3.05) is 0 Å². The molecule has 0 fully saturated rings. The third-order valence-electron chi connectivity index (χ3n) is 3.06. The van der Waals surface area contributed by atoms with Crippen molar-refractivity contribution in [1.82, 2.24) is 15.8 Å². The van der Waals surface area contributed by atoms with E-state index < -0.39 is 5.91 Å². The number of hydrogen-bond donors (Lipinski definition) is 2. The first-order valence-electron chi connectivity index (χ1n) is 6.95. The number of nitrogens with one attached hydrogen (secondary N) is 2. The number of hydrogen-bond acceptors (Lipinski definition) is 5. The van der Waals surface area contributed by atoms with Gasteiger partial charge in [0.05, 0.1) is 27.6 Å². The van der Waals surface area contributed by atoms with Gasteiger partial charge in [-0.3, -0.25) is 20.4 Å². The summed E-state index contributed by atoms with van der Waals surface area (Å²) in [4.78, 5) is 29.4. The lowest BCUT2D eigenvalue weighted by molar-refractivity contribution is -0.121. The largest absolute Gasteiger partial charge is 0.273 e. The van der Waals surface area contributed by atoms with Crippen LogP contribution >= 0.6 is 34.3 Å². The number of aromatic nitrogens is 1. The Labute approximate surface area is 151 Å². The number of amides is 2. The van der Waals surface area contributed by atoms with E-state index in [1.165, 1.54) is 11.3 Å². The molecule has 0 radical (unpaired) electrons. The normalized spacial score (nSPS) is 10.4. The van der Waals surface area contributed by atoms with Crippen LogP contribution in [-0.4, -0.2) is 16.8 Å². The summed E-state index contributed by atoms with van der Waals surface area (Å²) in [5, 5.41) is 5.02. The maximum Gasteiger partial charge on any atom is 0.271 e. The molecular weight excluding hydrogens is 366 g/mol. The molecular formula is C16H12ClN3O2S2. The lowest BCUT2D eigenvalue weighted by Crippen LogP contribution is -2.42. The van der Waals surface area contributed by atoms with Crippen LogP contribution in [0, 0.1) is 0 Å². The fourth-order valence-corrected chi connectivity index (χ4v) is 3.80. The average molecular weight is 378 g/mol. The number of halogens is 1. The van der Waals surface area contributed by atoms with Gasteiger partial charge in [0, 0.05) is 5.38 Å². The van der Waals surface area contributed by atoms with Gasteiger partial charge < -0.3 is 0 Å². The highest BCUT2D eigenvalue weighted by Gasteiger charge is 2.12. The Morgan fingerprint density at radius 2 is 1.92 bits per heavy atom. The molecule has 8 heteroatoms. The van der Waals surface area contributed by atoms with Gasteiger partial charge in [-0.25, -0.2) is 4.98 Å². The monoisotopic (exact) mass is 377 g/mol. The van der Waals surface area contributed by atoms with Gasteiger partial charge in [-0.05, 0) is 23.6 Å². The molecule has 0 saturated carbocycles. The zero-order valence-electron chi connectivity index (χ0n) is 12.3. The second kappa shape index (κ2) is 7.57. The van der Waals surface area contributed by atoms with Crippen molar-refractivity contribution in [3.8, 4) is 9.88 Å². The maximum absolute atomic E-state index is 12.0. The van der Waals surface area contributed by atoms with Crippen molar-refractivity contribution < 1.29 is 9.59 Å². The van der Waals surface area contributed by atoms with E-state index in [1.807, 2.05) is 22.9 Å². The summed E-state index contributed by atoms with van der Waals surface area (Å²) < 4.78 is 0. The molecule has 122 valence electrons. The SMILES string of the molecule is O=C(Cc1csc(-c2cccs2)n1)NNC(=O)c1ccccc1Cl. The van der Waals surface area contributed by atoms with Crippen molar-refractivity contribution in [2.24, 2.45) is 0 Å². The summed E-state index contributed by atoms with van der Waals surface area (Å²) in [6, 6.07) is 10.6. The zero-order valence-corrected chi connectivity index (χ0v) is 14.7. The van der Waals surface area contributed by atoms with E-state index in [0.717, 1.165) is 9.88 Å². The Hall–Kier alpha value is -2.22. The van der Waals surface area contributed by atoms with Crippen LogP contribution < -0.4 is 10.9 Å². The Morgan fingerprint density at radius 3 is 2.67 bits per heavy atom. The Bertz CT molecular complexity index is 862. The van der Waals surface area contributed by atoms with Crippen molar-refractivity contribution >= 4 is 46.1 Å². The number of carbonyl (C=O) groups excluding carboxylic acids is 2. The highest BCUT2D eigenvalue weighted by Crippen LogP contribution is 2.27. The summed E-state index contributed by atoms with van der Waals surface area (Å²) in [6.45, 7) is 0. The Balaban J connectivity index is 1.55. The number of carbonyl (C=O) groups is 2. The molecule has 5 nitrogen and oxygen atoms in total. The first-order valence-corrected chi connectivity index (χ1v) is 9.09. The van der Waals surface area contributed by atoms with Gasteiger partial charge in [-0.1, -0.05) is 29.8 Å². The second-order valence-corrected chi connectivity index (χ2v) is 6.99. The van der Waals surface area contributed by atoms with Crippen LogP contribution in [0.1, 0.15) is 16.1 Å². The van der Waals surface area contributed by atoms with E-state index in [-0.39, 0.29) is 12.3 Å². The summed E-state index contributed by atoms with van der Waals surface area (Å²) in [5.74, 6) is -0.815. The molecule has 0 spiro atoms. The van der Waals surface area contributed by atoms with Crippen LogP contribution in [0.25, 0.3) is 9.88 Å². The lowest BCUT2D eigenvalue weighted by Gasteiger charge is -2.07. The van der Waals surface area contributed by atoms with E-state index in [1.54, 1.807) is 35.6 Å². The number of nitrogens with zero attached hydrogens (tertiary/aromatic N) is 1. The van der Waals surface area contributed by atoms with Crippen LogP contribution in [0.2, 0.25) is 5.02 Å². The maximum atomic E-state index is 12.0. The molecule has 0 unspecified atom stereocenters. The van der Waals surface area contributed by atoms with Crippen LogP contribution in [-0.2, 0) is 11.2 Å². The topological polar surface area (TPSA) is 71.1 Å². The molecule has 3 aromatic rings. The van der Waals surface area contributed by atoms with Gasteiger partial charge in [0.25, 0.3) is 5.91 Å². The van der Waals surface area contributed by atoms with Crippen molar-refractivity contribution in [3.63, 3.8) is 0 Å². The fraction of sp³-hybridized carbons (Fsp3) is 0.0625. The highest BCUT2D eigenvalue weighted by molar-refractivity contribution is 7.20. The van der Waals surface area contributed by atoms with Gasteiger partial charge in [0.2, 0.25) is 5.91 Å². The summed E-state index contributed by atoms with van der Waals surface area (Å²) >= 11 is 9.02. The highest BCUT2D eigenvalue weighted by atomic mass is 35.5. The Kier molecular flexibility index (Phi) is 5.24. The van der Waals surface area contributed by atoms with E-state index in [2.05, 4.69) is 15.8 Å². The third-order valence-corrected chi connectivity index (χ3v) is 5.32. The molecule has 0 aliphatic carbocycles. The third kappa shape index (κ3) is 4.00. The van der Waals surface area contributed by atoms with Crippen LogP contribution in [0.3, 0.4) is 0 Å². The standard InChI is InChI=1S/C16H12ClN3O2S2/c17-12-5-2-1-4-11(12)15(22)20-19-14(21)8-10-9-24-16(18-10)13-6-3-7-23-13/h1-7,9H,8H2,(H,19,21)(H,20,22). The predicted molar refractivity (Wildman–Crippen MR) is 96.2 cm³/mol. The van der Waals surface area contributed by atoms with Gasteiger partial charge >= 0.3 is 0 Å². The number of thiophene rings is 1. The molecule has 3 rings (SSSR count). The molecule has 0 aliphatic heterocycles. The van der Waals surface area contributed by atoms with Gasteiger partial charge in [-0.15, -0.1) is 22.7 Å². The summed E-state index contributed by atoms with van der Waals surface area (Å²) in [6.07, 6.45) is 0.0880. The van der Waals surface area contributed by atoms with E-state index in [9.17, 15) is 9.59 Å². The van der Waals surface area contributed by atoms with Crippen LogP contribution in [0.4, 0.5) is 0 Å². The quantitative estimate of drug-likeness (QED) is 0.683.